The normalized spacial score (nSPS) is 10.8. The maximum Gasteiger partial charge on any atom is 0.220 e. The van der Waals surface area contributed by atoms with E-state index < -0.39 is 0 Å². The number of methoxy groups -OCH3 is 1. The molecule has 100 valence electrons. The zero-order valence-electron chi connectivity index (χ0n) is 11.8. The molecule has 0 radical (unpaired) electrons. The number of anilines is 1. The van der Waals surface area contributed by atoms with Gasteiger partial charge in [0.15, 0.2) is 0 Å². The van der Waals surface area contributed by atoms with Crippen molar-refractivity contribution < 1.29 is 4.74 Å². The Morgan fingerprint density at radius 1 is 1.16 bits per heavy atom. The average molecular weight is 257 g/mol. The third-order valence-electron chi connectivity index (χ3n) is 3.02. The molecule has 1 aromatic heterocycles. The third-order valence-corrected chi connectivity index (χ3v) is 3.02. The second-order valence-corrected chi connectivity index (χ2v) is 4.86. The minimum Gasteiger partial charge on any atom is -0.496 e. The average Bonchev–Trinajstić information content (AvgIpc) is 2.36. The molecule has 0 fully saturated rings. The maximum absolute atomic E-state index is 5.70. The smallest absolute Gasteiger partial charge is 0.220 e. The summed E-state index contributed by atoms with van der Waals surface area (Å²) in [6, 6.07) is 8.00. The number of hydrogen-bond donors (Lipinski definition) is 1. The highest BCUT2D eigenvalue weighted by Crippen LogP contribution is 2.31. The number of benzene rings is 1. The van der Waals surface area contributed by atoms with Crippen LogP contribution in [0.1, 0.15) is 31.0 Å². The van der Waals surface area contributed by atoms with Crippen molar-refractivity contribution >= 4 is 5.95 Å². The number of aryl methyl sites for hydroxylation is 1. The number of rotatable bonds is 3. The fourth-order valence-corrected chi connectivity index (χ4v) is 2.08. The van der Waals surface area contributed by atoms with Crippen molar-refractivity contribution in [1.29, 1.82) is 0 Å². The van der Waals surface area contributed by atoms with E-state index in [2.05, 4.69) is 29.9 Å². The van der Waals surface area contributed by atoms with Crippen LogP contribution in [-0.4, -0.2) is 17.1 Å². The van der Waals surface area contributed by atoms with Crippen molar-refractivity contribution in [2.24, 2.45) is 0 Å². The summed E-state index contributed by atoms with van der Waals surface area (Å²) in [5.74, 6) is 1.59. The van der Waals surface area contributed by atoms with E-state index >= 15 is 0 Å². The second kappa shape index (κ2) is 5.26. The molecule has 0 aliphatic heterocycles. The molecule has 0 unspecified atom stereocenters. The molecular formula is C15H19N3O. The van der Waals surface area contributed by atoms with Gasteiger partial charge in [0.05, 0.1) is 12.8 Å². The zero-order chi connectivity index (χ0) is 14.0. The molecule has 0 amide bonds. The molecule has 2 rings (SSSR count). The Morgan fingerprint density at radius 2 is 1.89 bits per heavy atom. The summed E-state index contributed by atoms with van der Waals surface area (Å²) in [6.45, 7) is 6.19. The lowest BCUT2D eigenvalue weighted by Crippen LogP contribution is -1.99. The van der Waals surface area contributed by atoms with Gasteiger partial charge in [0.1, 0.15) is 5.75 Å². The van der Waals surface area contributed by atoms with Crippen LogP contribution in [0.4, 0.5) is 5.95 Å². The molecule has 4 heteroatoms. The van der Waals surface area contributed by atoms with Crippen LogP contribution in [0.25, 0.3) is 11.3 Å². The SMILES string of the molecule is COc1ccc(-c2cc(C)nc(N)n2)cc1C(C)C. The maximum atomic E-state index is 5.70. The Kier molecular flexibility index (Phi) is 3.69. The van der Waals surface area contributed by atoms with Gasteiger partial charge in [-0.1, -0.05) is 13.8 Å². The number of nitrogens with two attached hydrogens (primary N) is 1. The molecule has 0 bridgehead atoms. The summed E-state index contributed by atoms with van der Waals surface area (Å²) in [4.78, 5) is 8.38. The van der Waals surface area contributed by atoms with E-state index in [1.165, 1.54) is 0 Å². The van der Waals surface area contributed by atoms with Gasteiger partial charge in [-0.15, -0.1) is 0 Å². The van der Waals surface area contributed by atoms with Gasteiger partial charge in [-0.2, -0.15) is 0 Å². The summed E-state index contributed by atoms with van der Waals surface area (Å²) >= 11 is 0. The van der Waals surface area contributed by atoms with Gasteiger partial charge in [-0.25, -0.2) is 9.97 Å². The van der Waals surface area contributed by atoms with Crippen molar-refractivity contribution in [2.45, 2.75) is 26.7 Å². The Balaban J connectivity index is 2.53. The van der Waals surface area contributed by atoms with Crippen LogP contribution in [0.3, 0.4) is 0 Å². The fraction of sp³-hybridized carbons (Fsp3) is 0.333. The Bertz CT molecular complexity index is 574. The van der Waals surface area contributed by atoms with Gasteiger partial charge in [0.25, 0.3) is 0 Å². The number of ether oxygens (including phenoxy) is 1. The van der Waals surface area contributed by atoms with Crippen molar-refractivity contribution in [3.63, 3.8) is 0 Å². The molecule has 0 aliphatic rings. The van der Waals surface area contributed by atoms with Crippen molar-refractivity contribution in [2.75, 3.05) is 12.8 Å². The predicted octanol–water partition coefficient (Wildman–Crippen LogP) is 3.17. The van der Waals surface area contributed by atoms with E-state index in [4.69, 9.17) is 10.5 Å². The van der Waals surface area contributed by atoms with Gasteiger partial charge in [-0.3, -0.25) is 0 Å². The van der Waals surface area contributed by atoms with Gasteiger partial charge in [0, 0.05) is 11.3 Å². The lowest BCUT2D eigenvalue weighted by atomic mass is 9.98. The van der Waals surface area contributed by atoms with Crippen LogP contribution in [-0.2, 0) is 0 Å². The van der Waals surface area contributed by atoms with E-state index in [1.54, 1.807) is 7.11 Å². The molecule has 2 N–H and O–H groups in total. The van der Waals surface area contributed by atoms with Gasteiger partial charge < -0.3 is 10.5 Å². The molecule has 0 spiro atoms. The first-order valence-electron chi connectivity index (χ1n) is 6.30. The third kappa shape index (κ3) is 2.84. The van der Waals surface area contributed by atoms with Crippen molar-refractivity contribution in [3.05, 3.63) is 35.5 Å². The largest absolute Gasteiger partial charge is 0.496 e. The topological polar surface area (TPSA) is 61.0 Å². The van der Waals surface area contributed by atoms with Crippen LogP contribution in [0, 0.1) is 6.92 Å². The van der Waals surface area contributed by atoms with Crippen LogP contribution in [0.15, 0.2) is 24.3 Å². The van der Waals surface area contributed by atoms with E-state index in [-0.39, 0.29) is 0 Å². The summed E-state index contributed by atoms with van der Waals surface area (Å²) in [6.07, 6.45) is 0. The molecule has 0 saturated carbocycles. The summed E-state index contributed by atoms with van der Waals surface area (Å²) < 4.78 is 5.39. The first-order valence-corrected chi connectivity index (χ1v) is 6.30. The van der Waals surface area contributed by atoms with Gasteiger partial charge in [-0.05, 0) is 42.7 Å². The lowest BCUT2D eigenvalue weighted by Gasteiger charge is -2.13. The molecule has 19 heavy (non-hydrogen) atoms. The fourth-order valence-electron chi connectivity index (χ4n) is 2.08. The molecule has 1 heterocycles. The monoisotopic (exact) mass is 257 g/mol. The molecular weight excluding hydrogens is 238 g/mol. The molecule has 1 aromatic carbocycles. The standard InChI is InChI=1S/C15H19N3O/c1-9(2)12-8-11(5-6-14(12)19-4)13-7-10(3)17-15(16)18-13/h5-9H,1-4H3,(H2,16,17,18). The minimum absolute atomic E-state index is 0.303. The summed E-state index contributed by atoms with van der Waals surface area (Å²) in [7, 11) is 1.69. The number of aromatic nitrogens is 2. The molecule has 0 aliphatic carbocycles. The Labute approximate surface area is 113 Å². The highest BCUT2D eigenvalue weighted by Gasteiger charge is 2.10. The Hall–Kier alpha value is -2.10. The van der Waals surface area contributed by atoms with Gasteiger partial charge >= 0.3 is 0 Å². The van der Waals surface area contributed by atoms with Crippen LogP contribution < -0.4 is 10.5 Å². The molecule has 4 nitrogen and oxygen atoms in total. The minimum atomic E-state index is 0.303. The first-order chi connectivity index (χ1) is 9.01. The highest BCUT2D eigenvalue weighted by atomic mass is 16.5. The first kappa shape index (κ1) is 13.3. The van der Waals surface area contributed by atoms with Crippen LogP contribution in [0.2, 0.25) is 0 Å². The van der Waals surface area contributed by atoms with Crippen LogP contribution >= 0.6 is 0 Å². The zero-order valence-corrected chi connectivity index (χ0v) is 11.8. The van der Waals surface area contributed by atoms with E-state index in [1.807, 2.05) is 25.1 Å². The number of hydrogen-bond acceptors (Lipinski definition) is 4. The van der Waals surface area contributed by atoms with Gasteiger partial charge in [0.2, 0.25) is 5.95 Å². The highest BCUT2D eigenvalue weighted by molar-refractivity contribution is 5.63. The number of nitrogens with zero attached hydrogens (tertiary/aromatic N) is 2. The molecule has 0 atom stereocenters. The quantitative estimate of drug-likeness (QED) is 0.917. The molecule has 2 aromatic rings. The molecule has 0 saturated heterocycles. The van der Waals surface area contributed by atoms with E-state index in [0.29, 0.717) is 11.9 Å². The van der Waals surface area contributed by atoms with Crippen molar-refractivity contribution in [3.8, 4) is 17.0 Å². The summed E-state index contributed by atoms with van der Waals surface area (Å²) in [5, 5.41) is 0. The second-order valence-electron chi connectivity index (χ2n) is 4.86. The summed E-state index contributed by atoms with van der Waals surface area (Å²) in [5.41, 5.74) is 9.60. The van der Waals surface area contributed by atoms with E-state index in [9.17, 15) is 0 Å². The predicted molar refractivity (Wildman–Crippen MR) is 77.3 cm³/mol. The van der Waals surface area contributed by atoms with E-state index in [0.717, 1.165) is 28.3 Å². The lowest BCUT2D eigenvalue weighted by molar-refractivity contribution is 0.407. The Morgan fingerprint density at radius 3 is 2.47 bits per heavy atom. The number of nitrogen functional groups attached to an aromatic ring is 1. The van der Waals surface area contributed by atoms with Crippen molar-refractivity contribution in [1.82, 2.24) is 9.97 Å². The van der Waals surface area contributed by atoms with Crippen LogP contribution in [0.5, 0.6) is 5.75 Å².